The van der Waals surface area contributed by atoms with Crippen LogP contribution in [0, 0.1) is 0 Å². The summed E-state index contributed by atoms with van der Waals surface area (Å²) in [6.07, 6.45) is 3.48. The summed E-state index contributed by atoms with van der Waals surface area (Å²) >= 11 is 1.64. The number of likely N-dealkylation sites (tertiary alicyclic amines) is 1. The summed E-state index contributed by atoms with van der Waals surface area (Å²) in [6, 6.07) is 8.52. The van der Waals surface area contributed by atoms with Crippen molar-refractivity contribution in [3.63, 3.8) is 0 Å². The number of benzene rings is 1. The van der Waals surface area contributed by atoms with E-state index in [0.29, 0.717) is 5.75 Å². The topological polar surface area (TPSA) is 32.3 Å². The summed E-state index contributed by atoms with van der Waals surface area (Å²) in [6.45, 7) is 6.04. The zero-order valence-corrected chi connectivity index (χ0v) is 13.0. The van der Waals surface area contributed by atoms with E-state index in [2.05, 4.69) is 36.5 Å². The molecule has 2 rings (SSSR count). The maximum absolute atomic E-state index is 12.0. The van der Waals surface area contributed by atoms with Crippen molar-refractivity contribution in [1.29, 1.82) is 0 Å². The Morgan fingerprint density at radius 3 is 2.60 bits per heavy atom. The van der Waals surface area contributed by atoms with Crippen LogP contribution in [0.4, 0.5) is 0 Å². The van der Waals surface area contributed by atoms with Crippen LogP contribution in [-0.2, 0) is 11.3 Å². The molecule has 1 aliphatic rings. The van der Waals surface area contributed by atoms with Gasteiger partial charge < -0.3 is 10.2 Å². The van der Waals surface area contributed by atoms with Gasteiger partial charge in [-0.25, -0.2) is 0 Å². The first-order valence-corrected chi connectivity index (χ1v) is 8.48. The van der Waals surface area contributed by atoms with Crippen molar-refractivity contribution in [2.24, 2.45) is 0 Å². The van der Waals surface area contributed by atoms with Gasteiger partial charge in [0, 0.05) is 24.5 Å². The first kappa shape index (κ1) is 15.4. The summed E-state index contributed by atoms with van der Waals surface area (Å²) in [7, 11) is 0. The Hall–Kier alpha value is -1.00. The molecule has 4 heteroatoms. The molecule has 1 aromatic carbocycles. The number of amides is 1. The Morgan fingerprint density at radius 2 is 1.95 bits per heavy atom. The Kier molecular flexibility index (Phi) is 6.40. The second-order valence-electron chi connectivity index (χ2n) is 5.20. The Bertz CT molecular complexity index is 413. The largest absolute Gasteiger partial charge is 0.342 e. The van der Waals surface area contributed by atoms with Crippen LogP contribution in [0.2, 0.25) is 0 Å². The van der Waals surface area contributed by atoms with Gasteiger partial charge in [-0.15, -0.1) is 11.8 Å². The molecule has 0 unspecified atom stereocenters. The van der Waals surface area contributed by atoms with E-state index >= 15 is 0 Å². The summed E-state index contributed by atoms with van der Waals surface area (Å²) < 4.78 is 0. The van der Waals surface area contributed by atoms with Crippen molar-refractivity contribution >= 4 is 17.7 Å². The van der Waals surface area contributed by atoms with Crippen LogP contribution >= 0.6 is 11.8 Å². The SMILES string of the molecule is CCCNCc1ccc(SCC(=O)N2CCCC2)cc1. The van der Waals surface area contributed by atoms with Crippen LogP contribution in [0.25, 0.3) is 0 Å². The number of nitrogens with zero attached hydrogens (tertiary/aromatic N) is 1. The fourth-order valence-electron chi connectivity index (χ4n) is 2.32. The summed E-state index contributed by atoms with van der Waals surface area (Å²) in [5.41, 5.74) is 1.30. The quantitative estimate of drug-likeness (QED) is 0.619. The van der Waals surface area contributed by atoms with Gasteiger partial charge in [0.25, 0.3) is 0 Å². The molecule has 0 bridgehead atoms. The van der Waals surface area contributed by atoms with Gasteiger partial charge in [0.1, 0.15) is 0 Å². The maximum Gasteiger partial charge on any atom is 0.232 e. The molecule has 0 spiro atoms. The summed E-state index contributed by atoms with van der Waals surface area (Å²) in [5, 5.41) is 3.39. The molecule has 0 radical (unpaired) electrons. The van der Waals surface area contributed by atoms with Gasteiger partial charge in [0.15, 0.2) is 0 Å². The minimum absolute atomic E-state index is 0.279. The lowest BCUT2D eigenvalue weighted by Gasteiger charge is -2.14. The lowest BCUT2D eigenvalue weighted by Crippen LogP contribution is -2.29. The normalized spacial score (nSPS) is 14.8. The number of hydrogen-bond acceptors (Lipinski definition) is 3. The van der Waals surface area contributed by atoms with E-state index in [0.717, 1.165) is 45.4 Å². The number of nitrogens with one attached hydrogen (secondary N) is 1. The molecular weight excluding hydrogens is 268 g/mol. The van der Waals surface area contributed by atoms with Gasteiger partial charge >= 0.3 is 0 Å². The molecule has 1 saturated heterocycles. The van der Waals surface area contributed by atoms with Crippen molar-refractivity contribution in [3.8, 4) is 0 Å². The van der Waals surface area contributed by atoms with Crippen molar-refractivity contribution in [1.82, 2.24) is 10.2 Å². The van der Waals surface area contributed by atoms with Crippen LogP contribution in [-0.4, -0.2) is 36.2 Å². The average Bonchev–Trinajstić information content (AvgIpc) is 3.01. The molecule has 3 nitrogen and oxygen atoms in total. The second-order valence-corrected chi connectivity index (χ2v) is 6.25. The van der Waals surface area contributed by atoms with Crippen molar-refractivity contribution in [2.75, 3.05) is 25.4 Å². The van der Waals surface area contributed by atoms with E-state index in [1.807, 2.05) is 4.90 Å². The smallest absolute Gasteiger partial charge is 0.232 e. The Morgan fingerprint density at radius 1 is 1.25 bits per heavy atom. The highest BCUT2D eigenvalue weighted by molar-refractivity contribution is 8.00. The van der Waals surface area contributed by atoms with Crippen LogP contribution in [0.1, 0.15) is 31.7 Å². The van der Waals surface area contributed by atoms with E-state index < -0.39 is 0 Å². The van der Waals surface area contributed by atoms with E-state index in [1.165, 1.54) is 10.5 Å². The Labute approximate surface area is 126 Å². The Balaban J connectivity index is 1.74. The van der Waals surface area contributed by atoms with Gasteiger partial charge in [0.05, 0.1) is 5.75 Å². The number of carbonyl (C=O) groups is 1. The molecule has 1 fully saturated rings. The predicted molar refractivity (Wildman–Crippen MR) is 85.0 cm³/mol. The second kappa shape index (κ2) is 8.32. The third-order valence-corrected chi connectivity index (χ3v) is 4.50. The molecule has 0 atom stereocenters. The number of hydrogen-bond donors (Lipinski definition) is 1. The summed E-state index contributed by atoms with van der Waals surface area (Å²) in [4.78, 5) is 15.1. The zero-order valence-electron chi connectivity index (χ0n) is 12.2. The lowest BCUT2D eigenvalue weighted by molar-refractivity contribution is -0.127. The highest BCUT2D eigenvalue weighted by atomic mass is 32.2. The standard InChI is InChI=1S/C16H24N2OS/c1-2-9-17-12-14-5-7-15(8-6-14)20-13-16(19)18-10-3-4-11-18/h5-8,17H,2-4,9-13H2,1H3. The van der Waals surface area contributed by atoms with Crippen molar-refractivity contribution in [3.05, 3.63) is 29.8 Å². The summed E-state index contributed by atoms with van der Waals surface area (Å²) in [5.74, 6) is 0.842. The molecule has 1 aliphatic heterocycles. The zero-order chi connectivity index (χ0) is 14.2. The molecule has 0 saturated carbocycles. The average molecular weight is 292 g/mol. The van der Waals surface area contributed by atoms with Crippen LogP contribution in [0.3, 0.4) is 0 Å². The van der Waals surface area contributed by atoms with Crippen LogP contribution in [0.5, 0.6) is 0 Å². The lowest BCUT2D eigenvalue weighted by atomic mass is 10.2. The molecule has 1 heterocycles. The maximum atomic E-state index is 12.0. The van der Waals surface area contributed by atoms with Gasteiger partial charge in [-0.05, 0) is 43.5 Å². The molecule has 0 aliphatic carbocycles. The monoisotopic (exact) mass is 292 g/mol. The minimum atomic E-state index is 0.279. The predicted octanol–water partition coefficient (Wildman–Crippen LogP) is 2.90. The fourth-order valence-corrected chi connectivity index (χ4v) is 3.12. The fraction of sp³-hybridized carbons (Fsp3) is 0.562. The first-order valence-electron chi connectivity index (χ1n) is 7.50. The number of thioether (sulfide) groups is 1. The van der Waals surface area contributed by atoms with E-state index in [9.17, 15) is 4.79 Å². The van der Waals surface area contributed by atoms with E-state index in [1.54, 1.807) is 11.8 Å². The third-order valence-electron chi connectivity index (χ3n) is 3.50. The highest BCUT2D eigenvalue weighted by Crippen LogP contribution is 2.20. The van der Waals surface area contributed by atoms with Gasteiger partial charge in [-0.2, -0.15) is 0 Å². The first-order chi connectivity index (χ1) is 9.79. The molecule has 110 valence electrons. The van der Waals surface area contributed by atoms with Crippen LogP contribution < -0.4 is 5.32 Å². The molecule has 0 aromatic heterocycles. The van der Waals surface area contributed by atoms with E-state index in [4.69, 9.17) is 0 Å². The molecule has 1 aromatic rings. The third kappa shape index (κ3) is 4.84. The van der Waals surface area contributed by atoms with E-state index in [-0.39, 0.29) is 5.91 Å². The van der Waals surface area contributed by atoms with Gasteiger partial charge in [-0.3, -0.25) is 4.79 Å². The van der Waals surface area contributed by atoms with Crippen LogP contribution in [0.15, 0.2) is 29.2 Å². The van der Waals surface area contributed by atoms with Gasteiger partial charge in [-0.1, -0.05) is 19.1 Å². The van der Waals surface area contributed by atoms with Crippen molar-refractivity contribution in [2.45, 2.75) is 37.6 Å². The minimum Gasteiger partial charge on any atom is -0.342 e. The van der Waals surface area contributed by atoms with Gasteiger partial charge in [0.2, 0.25) is 5.91 Å². The highest BCUT2D eigenvalue weighted by Gasteiger charge is 2.17. The molecular formula is C16H24N2OS. The molecule has 1 amide bonds. The number of carbonyl (C=O) groups excluding carboxylic acids is 1. The molecule has 1 N–H and O–H groups in total. The molecule has 20 heavy (non-hydrogen) atoms. The number of rotatable bonds is 7. The van der Waals surface area contributed by atoms with Crippen molar-refractivity contribution < 1.29 is 4.79 Å².